The number of ether oxygens (including phenoxy) is 4. The average Bonchev–Trinajstić information content (AvgIpc) is 2.91. The molecule has 5 nitrogen and oxygen atoms in total. The van der Waals surface area contributed by atoms with Gasteiger partial charge in [0.25, 0.3) is 0 Å². The van der Waals surface area contributed by atoms with Crippen molar-refractivity contribution in [3.8, 4) is 23.0 Å². The Kier molecular flexibility index (Phi) is 3.79. The van der Waals surface area contributed by atoms with Crippen LogP contribution in [0, 0.1) is 0 Å². The van der Waals surface area contributed by atoms with E-state index in [9.17, 15) is 0 Å². The van der Waals surface area contributed by atoms with Crippen LogP contribution in [-0.2, 0) is 6.42 Å². The van der Waals surface area contributed by atoms with Gasteiger partial charge in [0.1, 0.15) is 0 Å². The lowest BCUT2D eigenvalue weighted by Gasteiger charge is -2.24. The summed E-state index contributed by atoms with van der Waals surface area (Å²) in [5, 5.41) is 0. The largest absolute Gasteiger partial charge is 0.493 e. The lowest BCUT2D eigenvalue weighted by atomic mass is 9.86. The van der Waals surface area contributed by atoms with Gasteiger partial charge in [-0.25, -0.2) is 0 Å². The molecule has 0 N–H and O–H groups in total. The van der Waals surface area contributed by atoms with Crippen molar-refractivity contribution in [3.05, 3.63) is 46.5 Å². The van der Waals surface area contributed by atoms with E-state index < -0.39 is 0 Å². The van der Waals surface area contributed by atoms with Crippen molar-refractivity contribution in [2.24, 2.45) is 4.99 Å². The molecule has 130 valence electrons. The molecule has 0 amide bonds. The molecule has 2 bridgehead atoms. The normalized spacial score (nSPS) is 19.7. The van der Waals surface area contributed by atoms with Gasteiger partial charge in [-0.15, -0.1) is 0 Å². The Balaban J connectivity index is 1.92. The number of methoxy groups -OCH3 is 4. The molecular weight excluding hydrogens is 318 g/mol. The summed E-state index contributed by atoms with van der Waals surface area (Å²) in [5.74, 6) is 3.04. The molecule has 25 heavy (non-hydrogen) atoms. The molecule has 0 radical (unpaired) electrons. The van der Waals surface area contributed by atoms with Crippen LogP contribution in [0.15, 0.2) is 29.3 Å². The van der Waals surface area contributed by atoms with Gasteiger partial charge in [0, 0.05) is 12.1 Å². The van der Waals surface area contributed by atoms with Crippen molar-refractivity contribution in [2.45, 2.75) is 18.4 Å². The smallest absolute Gasteiger partial charge is 0.161 e. The van der Waals surface area contributed by atoms with Gasteiger partial charge in [0.15, 0.2) is 23.0 Å². The van der Waals surface area contributed by atoms with E-state index in [2.05, 4.69) is 24.3 Å². The molecule has 2 aromatic carbocycles. The predicted molar refractivity (Wildman–Crippen MR) is 95.9 cm³/mol. The lowest BCUT2D eigenvalue weighted by Crippen LogP contribution is -2.12. The van der Waals surface area contributed by atoms with E-state index in [1.165, 1.54) is 22.3 Å². The topological polar surface area (TPSA) is 49.3 Å². The van der Waals surface area contributed by atoms with Gasteiger partial charge in [0.05, 0.1) is 34.5 Å². The third-order valence-corrected chi connectivity index (χ3v) is 5.09. The van der Waals surface area contributed by atoms with Crippen LogP contribution < -0.4 is 18.9 Å². The molecule has 0 fully saturated rings. The number of hydrogen-bond donors (Lipinski definition) is 0. The Hall–Kier alpha value is -2.69. The Labute approximate surface area is 147 Å². The highest BCUT2D eigenvalue weighted by Crippen LogP contribution is 2.48. The SMILES string of the molecule is COc1cc2c(cc1OC)C1C=NC(C2)c2cc(OC)c(OC)cc21. The molecule has 0 spiro atoms. The van der Waals surface area contributed by atoms with Crippen LogP contribution in [0.4, 0.5) is 0 Å². The van der Waals surface area contributed by atoms with E-state index in [0.29, 0.717) is 0 Å². The van der Waals surface area contributed by atoms with Crippen LogP contribution in [0.5, 0.6) is 23.0 Å². The second kappa shape index (κ2) is 5.99. The summed E-state index contributed by atoms with van der Waals surface area (Å²) in [6, 6.07) is 8.35. The van der Waals surface area contributed by atoms with Crippen LogP contribution in [0.1, 0.15) is 34.2 Å². The van der Waals surface area contributed by atoms with Gasteiger partial charge in [-0.05, 0) is 52.9 Å². The van der Waals surface area contributed by atoms with Crippen LogP contribution in [0.3, 0.4) is 0 Å². The maximum atomic E-state index is 5.51. The van der Waals surface area contributed by atoms with Gasteiger partial charge >= 0.3 is 0 Å². The second-order valence-electron chi connectivity index (χ2n) is 6.24. The standard InChI is InChI=1S/C20H21NO4/c1-22-17-6-11-5-16-14-9-20(25-4)19(24-3)8-13(14)15(10-21-16)12(11)7-18(17)23-2/h6-10,15-16H,5H2,1-4H3. The summed E-state index contributed by atoms with van der Waals surface area (Å²) in [7, 11) is 6.65. The summed E-state index contributed by atoms with van der Waals surface area (Å²) >= 11 is 0. The number of benzene rings is 2. The summed E-state index contributed by atoms with van der Waals surface area (Å²) in [6.45, 7) is 0. The van der Waals surface area contributed by atoms with Crippen LogP contribution in [0.2, 0.25) is 0 Å². The first-order chi connectivity index (χ1) is 12.2. The Bertz CT molecular complexity index is 843. The fourth-order valence-corrected chi connectivity index (χ4v) is 3.84. The predicted octanol–water partition coefficient (Wildman–Crippen LogP) is 3.53. The zero-order valence-corrected chi connectivity index (χ0v) is 14.8. The third-order valence-electron chi connectivity index (χ3n) is 5.09. The van der Waals surface area contributed by atoms with Crippen molar-refractivity contribution in [2.75, 3.05) is 28.4 Å². The number of aliphatic imine (C=N–C) groups is 1. The Morgan fingerprint density at radius 2 is 1.24 bits per heavy atom. The van der Waals surface area contributed by atoms with Gasteiger partial charge in [-0.3, -0.25) is 4.99 Å². The van der Waals surface area contributed by atoms with Crippen molar-refractivity contribution in [1.82, 2.24) is 0 Å². The molecule has 2 heterocycles. The first kappa shape index (κ1) is 15.8. The lowest BCUT2D eigenvalue weighted by molar-refractivity contribution is 0.353. The van der Waals surface area contributed by atoms with Crippen LogP contribution in [0.25, 0.3) is 0 Å². The maximum Gasteiger partial charge on any atom is 0.161 e. The van der Waals surface area contributed by atoms with Crippen molar-refractivity contribution in [1.29, 1.82) is 0 Å². The second-order valence-corrected chi connectivity index (χ2v) is 6.24. The zero-order valence-electron chi connectivity index (χ0n) is 14.8. The Morgan fingerprint density at radius 1 is 0.720 bits per heavy atom. The molecule has 1 aliphatic carbocycles. The highest BCUT2D eigenvalue weighted by molar-refractivity contribution is 5.80. The average molecular weight is 339 g/mol. The first-order valence-electron chi connectivity index (χ1n) is 8.24. The molecule has 0 aromatic heterocycles. The van der Waals surface area contributed by atoms with Crippen molar-refractivity contribution >= 4 is 6.21 Å². The zero-order chi connectivity index (χ0) is 17.6. The quantitative estimate of drug-likeness (QED) is 0.855. The van der Waals surface area contributed by atoms with Crippen molar-refractivity contribution in [3.63, 3.8) is 0 Å². The van der Waals surface area contributed by atoms with Crippen LogP contribution in [-0.4, -0.2) is 34.7 Å². The van der Waals surface area contributed by atoms with E-state index in [-0.39, 0.29) is 12.0 Å². The number of nitrogens with zero attached hydrogens (tertiary/aromatic N) is 1. The highest BCUT2D eigenvalue weighted by atomic mass is 16.5. The first-order valence-corrected chi connectivity index (χ1v) is 8.24. The number of hydrogen-bond acceptors (Lipinski definition) is 5. The van der Waals surface area contributed by atoms with Crippen LogP contribution >= 0.6 is 0 Å². The van der Waals surface area contributed by atoms with Gasteiger partial charge in [-0.1, -0.05) is 0 Å². The third kappa shape index (κ3) is 2.34. The fourth-order valence-electron chi connectivity index (χ4n) is 3.84. The van der Waals surface area contributed by atoms with Gasteiger partial charge in [0.2, 0.25) is 0 Å². The molecule has 2 unspecified atom stereocenters. The van der Waals surface area contributed by atoms with E-state index in [0.717, 1.165) is 29.4 Å². The molecule has 2 atom stereocenters. The van der Waals surface area contributed by atoms with E-state index in [1.807, 2.05) is 6.21 Å². The minimum Gasteiger partial charge on any atom is -0.493 e. The summed E-state index contributed by atoms with van der Waals surface area (Å²) < 4.78 is 22.0. The monoisotopic (exact) mass is 339 g/mol. The van der Waals surface area contributed by atoms with E-state index in [1.54, 1.807) is 28.4 Å². The molecule has 2 aromatic rings. The molecule has 5 heteroatoms. The fraction of sp³-hybridized carbons (Fsp3) is 0.350. The molecule has 0 saturated carbocycles. The summed E-state index contributed by atoms with van der Waals surface area (Å²) in [6.07, 6.45) is 2.86. The van der Waals surface area contributed by atoms with Gasteiger partial charge < -0.3 is 18.9 Å². The minimum atomic E-state index is 0.0726. The minimum absolute atomic E-state index is 0.0726. The molecular formula is C20H21NO4. The van der Waals surface area contributed by atoms with E-state index in [4.69, 9.17) is 23.9 Å². The Morgan fingerprint density at radius 3 is 1.84 bits per heavy atom. The summed E-state index contributed by atoms with van der Waals surface area (Å²) in [4.78, 5) is 4.79. The molecule has 5 rings (SSSR count). The van der Waals surface area contributed by atoms with Gasteiger partial charge in [-0.2, -0.15) is 0 Å². The van der Waals surface area contributed by atoms with E-state index >= 15 is 0 Å². The highest BCUT2D eigenvalue weighted by Gasteiger charge is 2.34. The maximum absolute atomic E-state index is 5.51. The molecule has 2 aliphatic heterocycles. The van der Waals surface area contributed by atoms with Crippen molar-refractivity contribution < 1.29 is 18.9 Å². The summed E-state index contributed by atoms with van der Waals surface area (Å²) in [5.41, 5.74) is 4.84. The number of rotatable bonds is 4. The molecule has 0 saturated heterocycles. The molecule has 3 aliphatic rings.